The molecule has 3 N–H and O–H groups in total. The first-order valence-electron chi connectivity index (χ1n) is 6.42. The summed E-state index contributed by atoms with van der Waals surface area (Å²) in [6.45, 7) is 4.23. The van der Waals surface area contributed by atoms with Gasteiger partial charge in [-0.15, -0.1) is 0 Å². The highest BCUT2D eigenvalue weighted by Gasteiger charge is 2.35. The molecule has 1 aliphatic rings. The van der Waals surface area contributed by atoms with Gasteiger partial charge in [0.1, 0.15) is 0 Å². The first-order valence-corrected chi connectivity index (χ1v) is 6.42. The molecule has 2 rings (SSSR count). The highest BCUT2D eigenvalue weighted by molar-refractivity contribution is 5.95. The fourth-order valence-electron chi connectivity index (χ4n) is 2.38. The molecule has 0 aliphatic carbocycles. The summed E-state index contributed by atoms with van der Waals surface area (Å²) in [5.41, 5.74) is -0.255. The Kier molecular flexibility index (Phi) is 3.87. The number of benzene rings is 1. The predicted octanol–water partition coefficient (Wildman–Crippen LogP) is 0.710. The van der Waals surface area contributed by atoms with E-state index in [0.717, 1.165) is 0 Å². The minimum absolute atomic E-state index is 0.159. The Balaban J connectivity index is 2.21. The highest BCUT2D eigenvalue weighted by atomic mass is 16.5. The maximum absolute atomic E-state index is 12.4. The Morgan fingerprint density at radius 3 is 2.70 bits per heavy atom. The average molecular weight is 281 g/mol. The second-order valence-corrected chi connectivity index (χ2v) is 5.57. The molecule has 1 aliphatic heterocycles. The van der Waals surface area contributed by atoms with Crippen LogP contribution in [-0.4, -0.2) is 57.5 Å². The van der Waals surface area contributed by atoms with Crippen molar-refractivity contribution in [1.82, 2.24) is 4.90 Å². The lowest BCUT2D eigenvalue weighted by atomic mass is 10.0. The van der Waals surface area contributed by atoms with Crippen LogP contribution in [-0.2, 0) is 4.74 Å². The van der Waals surface area contributed by atoms with Crippen molar-refractivity contribution in [3.63, 3.8) is 0 Å². The fourth-order valence-corrected chi connectivity index (χ4v) is 2.38. The molecular weight excluding hydrogens is 262 g/mol. The molecule has 1 aromatic rings. The molecule has 1 aromatic carbocycles. The quantitative estimate of drug-likeness (QED) is 0.695. The van der Waals surface area contributed by atoms with Gasteiger partial charge in [-0.2, -0.15) is 0 Å². The number of morpholine rings is 1. The van der Waals surface area contributed by atoms with Gasteiger partial charge in [0.15, 0.2) is 11.5 Å². The Bertz CT molecular complexity index is 514. The van der Waals surface area contributed by atoms with Crippen molar-refractivity contribution >= 4 is 5.91 Å². The zero-order chi connectivity index (χ0) is 14.9. The zero-order valence-electron chi connectivity index (χ0n) is 11.5. The molecule has 1 heterocycles. The van der Waals surface area contributed by atoms with Crippen molar-refractivity contribution in [2.45, 2.75) is 25.6 Å². The lowest BCUT2D eigenvalue weighted by Gasteiger charge is -2.42. The summed E-state index contributed by atoms with van der Waals surface area (Å²) in [4.78, 5) is 14.0. The van der Waals surface area contributed by atoms with Gasteiger partial charge in [0.2, 0.25) is 0 Å². The molecule has 1 fully saturated rings. The highest BCUT2D eigenvalue weighted by Crippen LogP contribution is 2.27. The molecule has 1 atom stereocenters. The van der Waals surface area contributed by atoms with Gasteiger partial charge in [-0.25, -0.2) is 0 Å². The molecule has 6 heteroatoms. The lowest BCUT2D eigenvalue weighted by molar-refractivity contribution is -0.139. The van der Waals surface area contributed by atoms with Crippen LogP contribution in [0.1, 0.15) is 24.2 Å². The number of aliphatic hydroxyl groups is 1. The Morgan fingerprint density at radius 1 is 1.40 bits per heavy atom. The number of aliphatic hydroxyl groups excluding tert-OH is 1. The van der Waals surface area contributed by atoms with Gasteiger partial charge in [0.25, 0.3) is 5.91 Å². The summed E-state index contributed by atoms with van der Waals surface area (Å²) < 4.78 is 5.65. The maximum Gasteiger partial charge on any atom is 0.254 e. The van der Waals surface area contributed by atoms with Gasteiger partial charge in [0.05, 0.1) is 18.3 Å². The van der Waals surface area contributed by atoms with Crippen LogP contribution in [0.2, 0.25) is 0 Å². The first kappa shape index (κ1) is 14.6. The van der Waals surface area contributed by atoms with Crippen molar-refractivity contribution in [3.8, 4) is 11.5 Å². The summed E-state index contributed by atoms with van der Waals surface area (Å²) in [6, 6.07) is 3.96. The van der Waals surface area contributed by atoms with E-state index in [1.807, 2.05) is 13.8 Å². The summed E-state index contributed by atoms with van der Waals surface area (Å²) in [6.07, 6.45) is -0.423. The van der Waals surface area contributed by atoms with E-state index in [1.54, 1.807) is 4.90 Å². The monoisotopic (exact) mass is 281 g/mol. The van der Waals surface area contributed by atoms with Crippen LogP contribution < -0.4 is 0 Å². The Hall–Kier alpha value is -1.79. The van der Waals surface area contributed by atoms with Crippen LogP contribution in [0.25, 0.3) is 0 Å². The van der Waals surface area contributed by atoms with Gasteiger partial charge < -0.3 is 25.0 Å². The molecule has 1 unspecified atom stereocenters. The predicted molar refractivity (Wildman–Crippen MR) is 71.7 cm³/mol. The number of rotatable bonds is 2. The van der Waals surface area contributed by atoms with Crippen LogP contribution in [0.5, 0.6) is 11.5 Å². The third kappa shape index (κ3) is 3.02. The van der Waals surface area contributed by atoms with Crippen molar-refractivity contribution in [3.05, 3.63) is 23.8 Å². The standard InChI is InChI=1S/C14H19NO5/c1-14(2)8-15(6-10(7-16)20-14)13(19)9-3-4-11(17)12(18)5-9/h3-5,10,16-18H,6-8H2,1-2H3. The molecule has 1 saturated heterocycles. The van der Waals surface area contributed by atoms with Gasteiger partial charge in [-0.05, 0) is 32.0 Å². The van der Waals surface area contributed by atoms with Crippen LogP contribution in [0.15, 0.2) is 18.2 Å². The van der Waals surface area contributed by atoms with Crippen LogP contribution in [0.3, 0.4) is 0 Å². The molecular formula is C14H19NO5. The third-order valence-corrected chi connectivity index (χ3v) is 3.19. The van der Waals surface area contributed by atoms with Crippen LogP contribution in [0.4, 0.5) is 0 Å². The number of aromatic hydroxyl groups is 2. The largest absolute Gasteiger partial charge is 0.504 e. The fraction of sp³-hybridized carbons (Fsp3) is 0.500. The number of amides is 1. The summed E-state index contributed by atoms with van der Waals surface area (Å²) in [5.74, 6) is -0.866. The van der Waals surface area contributed by atoms with E-state index < -0.39 is 11.7 Å². The number of carbonyl (C=O) groups is 1. The Labute approximate surface area is 117 Å². The molecule has 0 bridgehead atoms. The van der Waals surface area contributed by atoms with Gasteiger partial charge in [-0.3, -0.25) is 4.79 Å². The number of phenols is 2. The van der Waals surface area contributed by atoms with Crippen LogP contribution >= 0.6 is 0 Å². The van der Waals surface area contributed by atoms with Gasteiger partial charge in [-0.1, -0.05) is 0 Å². The zero-order valence-corrected chi connectivity index (χ0v) is 11.5. The number of phenolic OH excluding ortho intramolecular Hbond substituents is 2. The van der Waals surface area contributed by atoms with E-state index in [2.05, 4.69) is 0 Å². The van der Waals surface area contributed by atoms with E-state index in [-0.39, 0.29) is 29.6 Å². The number of hydrogen-bond acceptors (Lipinski definition) is 5. The Morgan fingerprint density at radius 2 is 2.10 bits per heavy atom. The van der Waals surface area contributed by atoms with Crippen LogP contribution in [0, 0.1) is 0 Å². The van der Waals surface area contributed by atoms with E-state index in [0.29, 0.717) is 13.1 Å². The molecule has 1 amide bonds. The number of ether oxygens (including phenoxy) is 1. The summed E-state index contributed by atoms with van der Waals surface area (Å²) >= 11 is 0. The molecule has 0 radical (unpaired) electrons. The number of nitrogens with zero attached hydrogens (tertiary/aromatic N) is 1. The summed E-state index contributed by atoms with van der Waals surface area (Å²) in [5, 5.41) is 28.0. The molecule has 20 heavy (non-hydrogen) atoms. The first-order chi connectivity index (χ1) is 9.32. The van der Waals surface area contributed by atoms with Crippen molar-refractivity contribution in [2.75, 3.05) is 19.7 Å². The average Bonchev–Trinajstić information content (AvgIpc) is 2.39. The van der Waals surface area contributed by atoms with Gasteiger partial charge >= 0.3 is 0 Å². The van der Waals surface area contributed by atoms with Crippen molar-refractivity contribution in [1.29, 1.82) is 0 Å². The summed E-state index contributed by atoms with van der Waals surface area (Å²) in [7, 11) is 0. The minimum Gasteiger partial charge on any atom is -0.504 e. The van der Waals surface area contributed by atoms with E-state index in [1.165, 1.54) is 18.2 Å². The third-order valence-electron chi connectivity index (χ3n) is 3.19. The van der Waals surface area contributed by atoms with E-state index in [4.69, 9.17) is 4.74 Å². The number of carbonyl (C=O) groups excluding carboxylic acids is 1. The minimum atomic E-state index is -0.541. The molecule has 0 aromatic heterocycles. The number of hydrogen-bond donors (Lipinski definition) is 3. The van der Waals surface area contributed by atoms with E-state index >= 15 is 0 Å². The van der Waals surface area contributed by atoms with Gasteiger partial charge in [0, 0.05) is 18.7 Å². The normalized spacial score (nSPS) is 21.8. The topological polar surface area (TPSA) is 90.2 Å². The molecule has 110 valence electrons. The maximum atomic E-state index is 12.4. The van der Waals surface area contributed by atoms with E-state index in [9.17, 15) is 20.1 Å². The SMILES string of the molecule is CC1(C)CN(C(=O)c2ccc(O)c(O)c2)CC(CO)O1. The second kappa shape index (κ2) is 5.30. The molecule has 0 spiro atoms. The van der Waals surface area contributed by atoms with Crippen molar-refractivity contribution in [2.24, 2.45) is 0 Å². The lowest BCUT2D eigenvalue weighted by Crippen LogP contribution is -2.55. The smallest absolute Gasteiger partial charge is 0.254 e. The molecule has 0 saturated carbocycles. The van der Waals surface area contributed by atoms with Crippen molar-refractivity contribution < 1.29 is 24.9 Å². The molecule has 6 nitrogen and oxygen atoms in total. The second-order valence-electron chi connectivity index (χ2n) is 5.57.